The summed E-state index contributed by atoms with van der Waals surface area (Å²) in [5, 5.41) is 0. The van der Waals surface area contributed by atoms with E-state index < -0.39 is 5.41 Å². The lowest BCUT2D eigenvalue weighted by Gasteiger charge is -2.49. The molecule has 0 unspecified atom stereocenters. The third kappa shape index (κ3) is 3.03. The van der Waals surface area contributed by atoms with Crippen molar-refractivity contribution in [1.82, 2.24) is 0 Å². The van der Waals surface area contributed by atoms with Crippen molar-refractivity contribution in [1.29, 1.82) is 0 Å². The van der Waals surface area contributed by atoms with E-state index in [1.807, 2.05) is 0 Å². The third-order valence-corrected chi connectivity index (χ3v) is 10.8. The van der Waals surface area contributed by atoms with Gasteiger partial charge in [0.15, 0.2) is 0 Å². The van der Waals surface area contributed by atoms with E-state index in [1.165, 1.54) is 104 Å². The zero-order chi connectivity index (χ0) is 28.1. The highest BCUT2D eigenvalue weighted by Crippen LogP contribution is 2.49. The standard InChI is InChI=1S/C41H30BN/c1-3-10-31(11-4-1)41(32-12-5-2-6-13-32)34-14-7-8-16-36(34)42-37-25-29-20-21-30(29)26-39(37)43(38-17-9-15-35(41)40(38)42)33-23-22-27-18-19-28(27)24-33/h1-17,22-26H,18-21H2. The molecule has 10 rings (SSSR count). The fourth-order valence-electron chi connectivity index (χ4n) is 8.66. The minimum atomic E-state index is -0.426. The van der Waals surface area contributed by atoms with Gasteiger partial charge in [-0.25, -0.2) is 0 Å². The van der Waals surface area contributed by atoms with Crippen molar-refractivity contribution < 1.29 is 0 Å². The molecule has 202 valence electrons. The predicted molar refractivity (Wildman–Crippen MR) is 179 cm³/mol. The van der Waals surface area contributed by atoms with Crippen molar-refractivity contribution in [3.63, 3.8) is 0 Å². The van der Waals surface area contributed by atoms with Gasteiger partial charge in [-0.15, -0.1) is 0 Å². The molecule has 0 saturated carbocycles. The molecule has 0 radical (unpaired) electrons. The van der Waals surface area contributed by atoms with E-state index in [4.69, 9.17) is 0 Å². The maximum Gasteiger partial charge on any atom is 0.247 e. The second kappa shape index (κ2) is 8.61. The predicted octanol–water partition coefficient (Wildman–Crippen LogP) is 6.88. The largest absolute Gasteiger partial charge is 0.311 e. The number of hydrogen-bond acceptors (Lipinski definition) is 1. The van der Waals surface area contributed by atoms with Gasteiger partial charge in [-0.2, -0.15) is 0 Å². The van der Waals surface area contributed by atoms with Crippen molar-refractivity contribution in [2.75, 3.05) is 4.90 Å². The van der Waals surface area contributed by atoms with Gasteiger partial charge in [-0.3, -0.25) is 0 Å². The van der Waals surface area contributed by atoms with E-state index in [0.717, 1.165) is 0 Å². The van der Waals surface area contributed by atoms with Crippen LogP contribution in [0.3, 0.4) is 0 Å². The first kappa shape index (κ1) is 23.7. The van der Waals surface area contributed by atoms with Crippen LogP contribution in [-0.4, -0.2) is 6.71 Å². The highest BCUT2D eigenvalue weighted by atomic mass is 15.2. The Kier molecular flexibility index (Phi) is 4.75. The van der Waals surface area contributed by atoms with Crippen LogP contribution >= 0.6 is 0 Å². The first-order chi connectivity index (χ1) is 21.3. The maximum atomic E-state index is 2.59. The molecular formula is C41H30BN. The normalized spacial score (nSPS) is 16.1. The Bertz CT molecular complexity index is 2060. The Morgan fingerprint density at radius 2 is 1.09 bits per heavy atom. The Hall–Kier alpha value is -4.82. The second-order valence-corrected chi connectivity index (χ2v) is 12.7. The van der Waals surface area contributed by atoms with Crippen LogP contribution in [0.15, 0.2) is 133 Å². The van der Waals surface area contributed by atoms with Crippen LogP contribution in [0.5, 0.6) is 0 Å². The minimum absolute atomic E-state index is 0.187. The van der Waals surface area contributed by atoms with Crippen LogP contribution in [0.2, 0.25) is 0 Å². The van der Waals surface area contributed by atoms with Gasteiger partial charge < -0.3 is 4.90 Å². The summed E-state index contributed by atoms with van der Waals surface area (Å²) in [6.45, 7) is 0.187. The van der Waals surface area contributed by atoms with Crippen molar-refractivity contribution in [2.45, 2.75) is 31.1 Å². The molecule has 0 N–H and O–H groups in total. The van der Waals surface area contributed by atoms with Crippen LogP contribution in [-0.2, 0) is 31.1 Å². The van der Waals surface area contributed by atoms with Crippen LogP contribution < -0.4 is 21.3 Å². The Labute approximate surface area is 253 Å². The van der Waals surface area contributed by atoms with E-state index in [2.05, 4.69) is 138 Å². The van der Waals surface area contributed by atoms with Crippen LogP contribution in [0.25, 0.3) is 0 Å². The molecule has 0 bridgehead atoms. The number of aryl methyl sites for hydroxylation is 4. The maximum absolute atomic E-state index is 2.59. The summed E-state index contributed by atoms with van der Waals surface area (Å²) in [5.41, 5.74) is 19.3. The fourth-order valence-corrected chi connectivity index (χ4v) is 8.66. The van der Waals surface area contributed by atoms with Crippen molar-refractivity contribution in [3.8, 4) is 0 Å². The first-order valence-electron chi connectivity index (χ1n) is 15.7. The third-order valence-electron chi connectivity index (χ3n) is 10.8. The molecule has 2 heteroatoms. The molecule has 0 aromatic heterocycles. The Morgan fingerprint density at radius 1 is 0.465 bits per heavy atom. The van der Waals surface area contributed by atoms with Gasteiger partial charge in [0.05, 0.1) is 5.41 Å². The molecule has 0 saturated heterocycles. The lowest BCUT2D eigenvalue weighted by molar-refractivity contribution is 0.750. The zero-order valence-corrected chi connectivity index (χ0v) is 24.1. The molecule has 0 spiro atoms. The zero-order valence-electron chi connectivity index (χ0n) is 24.1. The van der Waals surface area contributed by atoms with Crippen LogP contribution in [0, 0.1) is 0 Å². The molecule has 2 aliphatic carbocycles. The van der Waals surface area contributed by atoms with E-state index in [-0.39, 0.29) is 6.71 Å². The van der Waals surface area contributed by atoms with Gasteiger partial charge in [-0.05, 0) is 105 Å². The minimum Gasteiger partial charge on any atom is -0.311 e. The SMILES string of the molecule is c1ccc(C2(c3ccccc3)c3ccccc3B3c4cc5c(cc4N(c4ccc6c(c4)CC6)c4cccc2c43)CC5)cc1. The molecule has 6 aromatic carbocycles. The van der Waals surface area contributed by atoms with Crippen molar-refractivity contribution >= 4 is 40.2 Å². The fraction of sp³-hybridized carbons (Fsp3) is 0.122. The molecule has 0 fully saturated rings. The summed E-state index contributed by atoms with van der Waals surface area (Å²) < 4.78 is 0. The Balaban J connectivity index is 1.36. The van der Waals surface area contributed by atoms with Gasteiger partial charge in [-0.1, -0.05) is 115 Å². The van der Waals surface area contributed by atoms with Gasteiger partial charge in [0, 0.05) is 17.1 Å². The van der Waals surface area contributed by atoms with Crippen LogP contribution in [0.4, 0.5) is 17.1 Å². The average Bonchev–Trinajstić information content (AvgIpc) is 3.04. The first-order valence-corrected chi connectivity index (χ1v) is 15.7. The number of anilines is 3. The molecule has 1 nitrogen and oxygen atoms in total. The van der Waals surface area contributed by atoms with Crippen molar-refractivity contribution in [2.24, 2.45) is 0 Å². The molecule has 6 aromatic rings. The van der Waals surface area contributed by atoms with Gasteiger partial charge >= 0.3 is 0 Å². The highest BCUT2D eigenvalue weighted by molar-refractivity contribution is 6.99. The summed E-state index contributed by atoms with van der Waals surface area (Å²) in [7, 11) is 0. The molecular weight excluding hydrogens is 517 g/mol. The topological polar surface area (TPSA) is 3.24 Å². The molecule has 2 heterocycles. The second-order valence-electron chi connectivity index (χ2n) is 12.7. The average molecular weight is 548 g/mol. The summed E-state index contributed by atoms with van der Waals surface area (Å²) in [4.78, 5) is 2.59. The summed E-state index contributed by atoms with van der Waals surface area (Å²) in [6.07, 6.45) is 4.75. The lowest BCUT2D eigenvalue weighted by atomic mass is 9.29. The van der Waals surface area contributed by atoms with Gasteiger partial charge in [0.2, 0.25) is 6.71 Å². The van der Waals surface area contributed by atoms with E-state index in [0.29, 0.717) is 0 Å². The van der Waals surface area contributed by atoms with E-state index in [9.17, 15) is 0 Å². The van der Waals surface area contributed by atoms with Crippen LogP contribution in [0.1, 0.15) is 44.5 Å². The van der Waals surface area contributed by atoms with E-state index >= 15 is 0 Å². The molecule has 0 amide bonds. The highest BCUT2D eigenvalue weighted by Gasteiger charge is 2.51. The number of fused-ring (bicyclic) bond motifs is 6. The Morgan fingerprint density at radius 3 is 1.79 bits per heavy atom. The molecule has 43 heavy (non-hydrogen) atoms. The smallest absolute Gasteiger partial charge is 0.247 e. The molecule has 4 aliphatic rings. The quantitative estimate of drug-likeness (QED) is 0.218. The summed E-state index contributed by atoms with van der Waals surface area (Å²) >= 11 is 0. The number of rotatable bonds is 3. The monoisotopic (exact) mass is 547 g/mol. The number of nitrogens with zero attached hydrogens (tertiary/aromatic N) is 1. The number of hydrogen-bond donors (Lipinski definition) is 0. The molecule has 2 aliphatic heterocycles. The van der Waals surface area contributed by atoms with Crippen molar-refractivity contribution in [3.05, 3.63) is 178 Å². The van der Waals surface area contributed by atoms with Gasteiger partial charge in [0.1, 0.15) is 0 Å². The number of benzene rings is 6. The van der Waals surface area contributed by atoms with Gasteiger partial charge in [0.25, 0.3) is 0 Å². The summed E-state index contributed by atoms with van der Waals surface area (Å²) in [5.74, 6) is 0. The summed E-state index contributed by atoms with van der Waals surface area (Å²) in [6, 6.07) is 51.1. The molecule has 0 atom stereocenters. The lowest BCUT2D eigenvalue weighted by Crippen LogP contribution is -2.65. The van der Waals surface area contributed by atoms with E-state index in [1.54, 1.807) is 0 Å².